The number of nitrogens with zero attached hydrogens (tertiary/aromatic N) is 3. The molecule has 0 bridgehead atoms. The zero-order valence-electron chi connectivity index (χ0n) is 15.6. The first-order valence-electron chi connectivity index (χ1n) is 9.08. The van der Waals surface area contributed by atoms with Crippen LogP contribution in [0.25, 0.3) is 0 Å². The first-order chi connectivity index (χ1) is 13.4. The monoisotopic (exact) mass is 398 g/mol. The van der Waals surface area contributed by atoms with Crippen LogP contribution in [0.15, 0.2) is 53.4 Å². The van der Waals surface area contributed by atoms with Crippen molar-refractivity contribution in [3.63, 3.8) is 0 Å². The van der Waals surface area contributed by atoms with Crippen LogP contribution in [0.1, 0.15) is 22.8 Å². The number of hydrogen-bond donors (Lipinski definition) is 1. The first kappa shape index (κ1) is 20.0. The van der Waals surface area contributed by atoms with Gasteiger partial charge in [0.25, 0.3) is 5.91 Å². The minimum atomic E-state index is -3.54. The van der Waals surface area contributed by atoms with E-state index < -0.39 is 10.0 Å². The number of amides is 1. The predicted molar refractivity (Wildman–Crippen MR) is 106 cm³/mol. The SMILES string of the molecule is CCN1CCN(S(=O)(=O)c2ccc(NC(=O)c3cccc(C#N)c3)cc2)CC1. The number of carbonyl (C=O) groups is 1. The highest BCUT2D eigenvalue weighted by Gasteiger charge is 2.27. The van der Waals surface area contributed by atoms with Gasteiger partial charge in [0.15, 0.2) is 0 Å². The molecule has 7 nitrogen and oxygen atoms in total. The van der Waals surface area contributed by atoms with Crippen LogP contribution >= 0.6 is 0 Å². The summed E-state index contributed by atoms with van der Waals surface area (Å²) in [5.41, 5.74) is 1.25. The average Bonchev–Trinajstić information content (AvgIpc) is 2.74. The maximum atomic E-state index is 12.8. The Morgan fingerprint density at radius 3 is 2.39 bits per heavy atom. The third-order valence-corrected chi connectivity index (χ3v) is 6.70. The van der Waals surface area contributed by atoms with Crippen LogP contribution in [0.5, 0.6) is 0 Å². The van der Waals surface area contributed by atoms with Gasteiger partial charge in [0, 0.05) is 37.4 Å². The van der Waals surface area contributed by atoms with Crippen molar-refractivity contribution in [3.05, 3.63) is 59.7 Å². The molecule has 8 heteroatoms. The van der Waals surface area contributed by atoms with Crippen LogP contribution in [0.3, 0.4) is 0 Å². The summed E-state index contributed by atoms with van der Waals surface area (Å²) in [6.07, 6.45) is 0. The summed E-state index contributed by atoms with van der Waals surface area (Å²) in [5, 5.41) is 11.6. The zero-order valence-corrected chi connectivity index (χ0v) is 16.4. The van der Waals surface area contributed by atoms with Gasteiger partial charge in [0.05, 0.1) is 16.5 Å². The molecule has 2 aromatic carbocycles. The molecule has 28 heavy (non-hydrogen) atoms. The van der Waals surface area contributed by atoms with E-state index in [1.807, 2.05) is 6.07 Å². The highest BCUT2D eigenvalue weighted by molar-refractivity contribution is 7.89. The highest BCUT2D eigenvalue weighted by Crippen LogP contribution is 2.20. The Kier molecular flexibility index (Phi) is 6.09. The van der Waals surface area contributed by atoms with E-state index in [4.69, 9.17) is 5.26 Å². The molecule has 146 valence electrons. The number of rotatable bonds is 5. The van der Waals surface area contributed by atoms with Crippen LogP contribution < -0.4 is 5.32 Å². The van der Waals surface area contributed by atoms with Gasteiger partial charge in [-0.2, -0.15) is 9.57 Å². The minimum Gasteiger partial charge on any atom is -0.322 e. The fourth-order valence-electron chi connectivity index (χ4n) is 3.08. The molecule has 0 saturated carbocycles. The second kappa shape index (κ2) is 8.52. The van der Waals surface area contributed by atoms with Gasteiger partial charge in [-0.3, -0.25) is 4.79 Å². The van der Waals surface area contributed by atoms with Gasteiger partial charge in [-0.25, -0.2) is 8.42 Å². The second-order valence-corrected chi connectivity index (χ2v) is 8.45. The molecular weight excluding hydrogens is 376 g/mol. The number of sulfonamides is 1. The molecule has 0 aliphatic carbocycles. The Hall–Kier alpha value is -2.73. The average molecular weight is 398 g/mol. The van der Waals surface area contributed by atoms with Crippen LogP contribution in [0.4, 0.5) is 5.69 Å². The largest absolute Gasteiger partial charge is 0.322 e. The van der Waals surface area contributed by atoms with E-state index in [0.717, 1.165) is 19.6 Å². The lowest BCUT2D eigenvalue weighted by molar-refractivity contribution is 0.102. The van der Waals surface area contributed by atoms with Crippen molar-refractivity contribution in [1.82, 2.24) is 9.21 Å². The summed E-state index contributed by atoms with van der Waals surface area (Å²) >= 11 is 0. The summed E-state index contributed by atoms with van der Waals surface area (Å²) in [6, 6.07) is 14.5. The Balaban J connectivity index is 1.69. The standard InChI is InChI=1S/C20H22N4O3S/c1-2-23-10-12-24(13-11-23)28(26,27)19-8-6-18(7-9-19)22-20(25)17-5-3-4-16(14-17)15-21/h3-9,14H,2,10-13H2,1H3,(H,22,25). The zero-order chi connectivity index (χ0) is 20.1. The smallest absolute Gasteiger partial charge is 0.255 e. The van der Waals surface area contributed by atoms with Gasteiger partial charge in [-0.1, -0.05) is 13.0 Å². The summed E-state index contributed by atoms with van der Waals surface area (Å²) in [7, 11) is -3.54. The van der Waals surface area contributed by atoms with E-state index in [0.29, 0.717) is 29.9 Å². The van der Waals surface area contributed by atoms with Gasteiger partial charge in [0.1, 0.15) is 0 Å². The lowest BCUT2D eigenvalue weighted by atomic mass is 10.1. The third-order valence-electron chi connectivity index (χ3n) is 4.78. The number of nitriles is 1. The molecule has 1 aliphatic rings. The number of hydrogen-bond acceptors (Lipinski definition) is 5. The molecule has 1 amide bonds. The number of piperazine rings is 1. The second-order valence-electron chi connectivity index (χ2n) is 6.51. The lowest BCUT2D eigenvalue weighted by Gasteiger charge is -2.33. The van der Waals surface area contributed by atoms with E-state index in [1.54, 1.807) is 30.3 Å². The van der Waals surface area contributed by atoms with E-state index in [-0.39, 0.29) is 10.8 Å². The summed E-state index contributed by atoms with van der Waals surface area (Å²) < 4.78 is 27.1. The normalized spacial score (nSPS) is 15.7. The van der Waals surface area contributed by atoms with E-state index >= 15 is 0 Å². The quantitative estimate of drug-likeness (QED) is 0.833. The summed E-state index contributed by atoms with van der Waals surface area (Å²) in [4.78, 5) is 14.7. The Labute approximate surface area is 165 Å². The highest BCUT2D eigenvalue weighted by atomic mass is 32.2. The van der Waals surface area contributed by atoms with Gasteiger partial charge in [0.2, 0.25) is 10.0 Å². The Bertz CT molecular complexity index is 989. The molecule has 2 aromatic rings. The minimum absolute atomic E-state index is 0.210. The number of benzene rings is 2. The van der Waals surface area contributed by atoms with Crippen molar-refractivity contribution >= 4 is 21.6 Å². The molecule has 1 heterocycles. The van der Waals surface area contributed by atoms with Crippen molar-refractivity contribution in [2.24, 2.45) is 0 Å². The van der Waals surface area contributed by atoms with Crippen molar-refractivity contribution in [3.8, 4) is 6.07 Å². The number of carbonyl (C=O) groups excluding carboxylic acids is 1. The van der Waals surface area contributed by atoms with Crippen LogP contribution in [-0.2, 0) is 10.0 Å². The molecule has 1 fully saturated rings. The van der Waals surface area contributed by atoms with Crippen LogP contribution in [0.2, 0.25) is 0 Å². The molecule has 1 saturated heterocycles. The van der Waals surface area contributed by atoms with Gasteiger partial charge in [-0.15, -0.1) is 0 Å². The molecule has 3 rings (SSSR count). The Morgan fingerprint density at radius 1 is 1.11 bits per heavy atom. The molecule has 1 N–H and O–H groups in total. The van der Waals surface area contributed by atoms with Crippen molar-refractivity contribution in [2.75, 3.05) is 38.0 Å². The Morgan fingerprint density at radius 2 is 1.79 bits per heavy atom. The molecule has 0 atom stereocenters. The molecule has 1 aliphatic heterocycles. The molecule has 0 unspecified atom stereocenters. The lowest BCUT2D eigenvalue weighted by Crippen LogP contribution is -2.48. The molecule has 0 radical (unpaired) electrons. The van der Waals surface area contributed by atoms with Crippen molar-refractivity contribution in [1.29, 1.82) is 5.26 Å². The first-order valence-corrected chi connectivity index (χ1v) is 10.5. The summed E-state index contributed by atoms with van der Waals surface area (Å²) in [5.74, 6) is -0.358. The van der Waals surface area contributed by atoms with Crippen molar-refractivity contribution < 1.29 is 13.2 Å². The molecule has 0 spiro atoms. The van der Waals surface area contributed by atoms with Gasteiger partial charge >= 0.3 is 0 Å². The molecular formula is C20H22N4O3S. The van der Waals surface area contributed by atoms with E-state index in [1.165, 1.54) is 22.5 Å². The van der Waals surface area contributed by atoms with Crippen LogP contribution in [-0.4, -0.2) is 56.3 Å². The number of likely N-dealkylation sites (N-methyl/N-ethyl adjacent to an activating group) is 1. The van der Waals surface area contributed by atoms with Gasteiger partial charge < -0.3 is 10.2 Å². The van der Waals surface area contributed by atoms with Crippen LogP contribution in [0, 0.1) is 11.3 Å². The maximum absolute atomic E-state index is 12.8. The topological polar surface area (TPSA) is 93.5 Å². The van der Waals surface area contributed by atoms with E-state index in [2.05, 4.69) is 17.1 Å². The number of anilines is 1. The van der Waals surface area contributed by atoms with Crippen molar-refractivity contribution in [2.45, 2.75) is 11.8 Å². The van der Waals surface area contributed by atoms with E-state index in [9.17, 15) is 13.2 Å². The fraction of sp³-hybridized carbons (Fsp3) is 0.300. The third kappa shape index (κ3) is 4.39. The molecule has 0 aromatic heterocycles. The predicted octanol–water partition coefficient (Wildman–Crippen LogP) is 2.14. The van der Waals surface area contributed by atoms with Gasteiger partial charge in [-0.05, 0) is 49.0 Å². The number of nitrogens with one attached hydrogen (secondary N) is 1. The summed E-state index contributed by atoms with van der Waals surface area (Å²) in [6.45, 7) is 5.39. The fourth-order valence-corrected chi connectivity index (χ4v) is 4.50. The maximum Gasteiger partial charge on any atom is 0.255 e.